The first-order valence-corrected chi connectivity index (χ1v) is 11.7. The van der Waals surface area contributed by atoms with Crippen molar-refractivity contribution in [2.45, 2.75) is 44.6 Å². The van der Waals surface area contributed by atoms with Gasteiger partial charge in [0.2, 0.25) is 5.82 Å². The van der Waals surface area contributed by atoms with E-state index in [9.17, 15) is 15.0 Å². The second-order valence-corrected chi connectivity index (χ2v) is 10.3. The molecule has 0 saturated heterocycles. The zero-order valence-electron chi connectivity index (χ0n) is 18.1. The van der Waals surface area contributed by atoms with E-state index >= 15 is 0 Å². The summed E-state index contributed by atoms with van der Waals surface area (Å²) < 4.78 is 7.74. The zero-order chi connectivity index (χ0) is 23.5. The van der Waals surface area contributed by atoms with Crippen molar-refractivity contribution >= 4 is 45.9 Å². The number of fused-ring (bicyclic) bond motifs is 2. The predicted octanol–water partition coefficient (Wildman–Crippen LogP) is 2.22. The Balaban J connectivity index is 1.54. The van der Waals surface area contributed by atoms with Crippen LogP contribution in [0.5, 0.6) is 0 Å². The van der Waals surface area contributed by atoms with Crippen molar-refractivity contribution in [2.24, 2.45) is 11.3 Å². The third kappa shape index (κ3) is 3.47. The van der Waals surface area contributed by atoms with Gasteiger partial charge in [-0.1, -0.05) is 11.6 Å². The monoisotopic (exact) mass is 487 g/mol. The quantitative estimate of drug-likeness (QED) is 0.378. The number of anilines is 1. The van der Waals surface area contributed by atoms with E-state index in [1.807, 2.05) is 6.07 Å². The third-order valence-electron chi connectivity index (χ3n) is 6.25. The van der Waals surface area contributed by atoms with Gasteiger partial charge in [0.25, 0.3) is 0 Å². The van der Waals surface area contributed by atoms with Crippen molar-refractivity contribution in [2.75, 3.05) is 12.4 Å². The van der Waals surface area contributed by atoms with Gasteiger partial charge in [-0.05, 0) is 44.2 Å². The zero-order valence-corrected chi connectivity index (χ0v) is 19.7. The molecule has 33 heavy (non-hydrogen) atoms. The lowest BCUT2D eigenvalue weighted by Crippen LogP contribution is -2.38. The van der Waals surface area contributed by atoms with E-state index in [-0.39, 0.29) is 17.8 Å². The van der Waals surface area contributed by atoms with Crippen LogP contribution in [0.3, 0.4) is 0 Å². The van der Waals surface area contributed by atoms with E-state index in [1.54, 1.807) is 37.9 Å². The molecule has 9 nitrogen and oxygen atoms in total. The molecule has 2 aliphatic carbocycles. The Kier molecular flexibility index (Phi) is 5.33. The number of ether oxygens (including phenoxy) is 1. The Morgan fingerprint density at radius 2 is 2.15 bits per heavy atom. The molecule has 0 radical (unpaired) electrons. The summed E-state index contributed by atoms with van der Waals surface area (Å²) in [5.41, 5.74) is -0.143. The first-order valence-electron chi connectivity index (χ1n) is 10.5. The van der Waals surface area contributed by atoms with E-state index in [0.29, 0.717) is 27.7 Å². The summed E-state index contributed by atoms with van der Waals surface area (Å²) in [4.78, 5) is 27.0. The molecule has 3 aromatic rings. The third-order valence-corrected chi connectivity index (χ3v) is 7.39. The van der Waals surface area contributed by atoms with Crippen molar-refractivity contribution in [3.63, 3.8) is 0 Å². The lowest BCUT2D eigenvalue weighted by molar-refractivity contribution is -0.160. The Bertz CT molecular complexity index is 1310. The number of imidazole rings is 1. The fourth-order valence-electron chi connectivity index (χ4n) is 4.70. The van der Waals surface area contributed by atoms with E-state index < -0.39 is 29.6 Å². The smallest absolute Gasteiger partial charge is 0.315 e. The topological polar surface area (TPSA) is 122 Å². The second-order valence-electron chi connectivity index (χ2n) is 8.55. The van der Waals surface area contributed by atoms with Gasteiger partial charge in [-0.3, -0.25) is 4.79 Å². The van der Waals surface area contributed by atoms with Crippen LogP contribution in [0.2, 0.25) is 4.34 Å². The lowest BCUT2D eigenvalue weighted by Gasteiger charge is -2.24. The standard InChI is InChI=1S/C22H22ClN5O4S/c1-10(2)32-21(31)22-8-12(22)16(17(29)18(22)30)28-9-25-15-19(24-3)26-14(27-20(15)28)7-5-11-4-6-13(23)33-11/h4,6,9-10,12,16-18,29-30H,8H2,1-3H3,(H,24,26,27)/t12-,16-,17+,18+,22+/m1/s1. The molecule has 2 aliphatic rings. The van der Waals surface area contributed by atoms with Crippen LogP contribution in [-0.2, 0) is 9.53 Å². The van der Waals surface area contributed by atoms with Gasteiger partial charge in [-0.15, -0.1) is 11.3 Å². The maximum absolute atomic E-state index is 12.7. The van der Waals surface area contributed by atoms with Crippen molar-refractivity contribution < 1.29 is 19.7 Å². The van der Waals surface area contributed by atoms with Gasteiger partial charge in [0.1, 0.15) is 11.5 Å². The highest BCUT2D eigenvalue weighted by Crippen LogP contribution is 2.68. The number of hydrogen-bond donors (Lipinski definition) is 3. The minimum atomic E-state index is -1.23. The molecule has 0 aliphatic heterocycles. The highest BCUT2D eigenvalue weighted by atomic mass is 35.5. The number of carbonyl (C=O) groups excluding carboxylic acids is 1. The number of aliphatic hydroxyl groups excluding tert-OH is 2. The number of rotatable bonds is 4. The summed E-state index contributed by atoms with van der Waals surface area (Å²) in [5, 5.41) is 24.7. The molecule has 0 aromatic carbocycles. The summed E-state index contributed by atoms with van der Waals surface area (Å²) in [7, 11) is 1.72. The number of aliphatic hydroxyl groups is 2. The molecule has 11 heteroatoms. The van der Waals surface area contributed by atoms with Gasteiger partial charge in [0, 0.05) is 13.0 Å². The summed E-state index contributed by atoms with van der Waals surface area (Å²) in [5.74, 6) is 5.94. The number of aromatic nitrogens is 4. The average molecular weight is 488 g/mol. The SMILES string of the molecule is CNc1nc(C#Cc2ccc(Cl)s2)nc2c1ncn2[C@H]1[C@H](O)[C@H](O)[C@]2(C(=O)OC(C)C)C[C@H]12. The number of carbonyl (C=O) groups is 1. The molecular weight excluding hydrogens is 466 g/mol. The molecular formula is C22H22ClN5O4S. The minimum Gasteiger partial charge on any atom is -0.462 e. The molecule has 5 atom stereocenters. The van der Waals surface area contributed by atoms with Crippen LogP contribution in [0.15, 0.2) is 18.5 Å². The Morgan fingerprint density at radius 1 is 1.36 bits per heavy atom. The van der Waals surface area contributed by atoms with Gasteiger partial charge in [0.05, 0.1) is 33.8 Å². The number of halogens is 1. The number of hydrogen-bond acceptors (Lipinski definition) is 9. The minimum absolute atomic E-state index is 0.271. The van der Waals surface area contributed by atoms with E-state index in [2.05, 4.69) is 32.1 Å². The van der Waals surface area contributed by atoms with Crippen LogP contribution in [0.25, 0.3) is 11.2 Å². The van der Waals surface area contributed by atoms with E-state index in [0.717, 1.165) is 4.88 Å². The average Bonchev–Trinajstić information content (AvgIpc) is 3.02. The van der Waals surface area contributed by atoms with Crippen molar-refractivity contribution in [1.29, 1.82) is 0 Å². The Hall–Kier alpha value is -2.71. The number of esters is 1. The van der Waals surface area contributed by atoms with Crippen LogP contribution >= 0.6 is 22.9 Å². The molecule has 3 heterocycles. The lowest BCUT2D eigenvalue weighted by atomic mass is 9.99. The largest absolute Gasteiger partial charge is 0.462 e. The van der Waals surface area contributed by atoms with Crippen molar-refractivity contribution in [1.82, 2.24) is 19.5 Å². The summed E-state index contributed by atoms with van der Waals surface area (Å²) >= 11 is 7.33. The summed E-state index contributed by atoms with van der Waals surface area (Å²) in [6.45, 7) is 3.51. The molecule has 3 N–H and O–H groups in total. The highest BCUT2D eigenvalue weighted by molar-refractivity contribution is 7.16. The molecule has 172 valence electrons. The van der Waals surface area contributed by atoms with Crippen LogP contribution in [0.4, 0.5) is 5.82 Å². The van der Waals surface area contributed by atoms with E-state index in [4.69, 9.17) is 16.3 Å². The van der Waals surface area contributed by atoms with Gasteiger partial charge < -0.3 is 24.8 Å². The second kappa shape index (κ2) is 7.95. The summed E-state index contributed by atoms with van der Waals surface area (Å²) in [6, 6.07) is 3.01. The van der Waals surface area contributed by atoms with Gasteiger partial charge in [0.15, 0.2) is 17.0 Å². The molecule has 2 saturated carbocycles. The van der Waals surface area contributed by atoms with Crippen LogP contribution in [0.1, 0.15) is 37.0 Å². The van der Waals surface area contributed by atoms with E-state index in [1.165, 1.54) is 11.3 Å². The molecule has 3 aromatic heterocycles. The Morgan fingerprint density at radius 3 is 2.82 bits per heavy atom. The van der Waals surface area contributed by atoms with Crippen LogP contribution in [-0.4, -0.2) is 61.1 Å². The van der Waals surface area contributed by atoms with Crippen LogP contribution < -0.4 is 5.32 Å². The van der Waals surface area contributed by atoms with Crippen LogP contribution in [0, 0.1) is 23.2 Å². The predicted molar refractivity (Wildman–Crippen MR) is 123 cm³/mol. The fourth-order valence-corrected chi connectivity index (χ4v) is 5.60. The Labute approximate surface area is 198 Å². The molecule has 2 fully saturated rings. The number of nitrogens with zero attached hydrogens (tertiary/aromatic N) is 4. The van der Waals surface area contributed by atoms with Crippen molar-refractivity contribution in [3.05, 3.63) is 33.5 Å². The molecule has 0 unspecified atom stereocenters. The highest BCUT2D eigenvalue weighted by Gasteiger charge is 2.76. The number of nitrogens with one attached hydrogen (secondary N) is 1. The maximum atomic E-state index is 12.7. The van der Waals surface area contributed by atoms with Gasteiger partial charge in [-0.2, -0.15) is 0 Å². The maximum Gasteiger partial charge on any atom is 0.315 e. The fraction of sp³-hybridized carbons (Fsp3) is 0.455. The summed E-state index contributed by atoms with van der Waals surface area (Å²) in [6.07, 6.45) is -0.729. The molecule has 5 rings (SSSR count). The first-order chi connectivity index (χ1) is 15.8. The number of thiophene rings is 1. The molecule has 0 spiro atoms. The normalized spacial score (nSPS) is 27.8. The first kappa shape index (κ1) is 22.1. The van der Waals surface area contributed by atoms with Gasteiger partial charge in [-0.25, -0.2) is 15.0 Å². The molecule has 0 amide bonds. The van der Waals surface area contributed by atoms with Gasteiger partial charge >= 0.3 is 5.97 Å². The van der Waals surface area contributed by atoms with Crippen molar-refractivity contribution in [3.8, 4) is 11.8 Å². The molecule has 0 bridgehead atoms.